The molecular weight excluding hydrogens is 274 g/mol. The van der Waals surface area contributed by atoms with Crippen molar-refractivity contribution < 1.29 is 8.42 Å². The van der Waals surface area contributed by atoms with Crippen LogP contribution in [0, 0.1) is 0 Å². The van der Waals surface area contributed by atoms with Crippen molar-refractivity contribution in [2.24, 2.45) is 0 Å². The number of rotatable bonds is 8. The van der Waals surface area contributed by atoms with Crippen LogP contribution in [0.2, 0.25) is 0 Å². The first-order chi connectivity index (χ1) is 9.32. The van der Waals surface area contributed by atoms with Crippen LogP contribution in [0.25, 0.3) is 0 Å². The van der Waals surface area contributed by atoms with Crippen molar-refractivity contribution >= 4 is 10.0 Å². The van der Waals surface area contributed by atoms with Gasteiger partial charge >= 0.3 is 0 Å². The van der Waals surface area contributed by atoms with Crippen molar-refractivity contribution in [1.29, 1.82) is 0 Å². The Hall–Kier alpha value is -0.170. The van der Waals surface area contributed by atoms with E-state index in [1.807, 2.05) is 5.01 Å². The third-order valence-corrected chi connectivity index (χ3v) is 5.15. The lowest BCUT2D eigenvalue weighted by Gasteiger charge is -2.38. The van der Waals surface area contributed by atoms with Crippen molar-refractivity contribution in [3.8, 4) is 0 Å². The van der Waals surface area contributed by atoms with E-state index < -0.39 is 10.0 Å². The zero-order valence-corrected chi connectivity index (χ0v) is 14.2. The molecule has 1 aliphatic heterocycles. The molecule has 1 aliphatic rings. The highest BCUT2D eigenvalue weighted by Gasteiger charge is 2.27. The normalized spacial score (nSPS) is 25.2. The molecule has 1 fully saturated rings. The molecule has 6 heteroatoms. The molecule has 2 N–H and O–H groups in total. The third-order valence-electron chi connectivity index (χ3n) is 3.83. The second kappa shape index (κ2) is 8.32. The summed E-state index contributed by atoms with van der Waals surface area (Å²) in [6, 6.07) is 1.03. The Morgan fingerprint density at radius 2 is 1.75 bits per heavy atom. The predicted octanol–water partition coefficient (Wildman–Crippen LogP) is 1.86. The topological polar surface area (TPSA) is 61.4 Å². The number of nitrogens with zero attached hydrogens (tertiary/aromatic N) is 1. The van der Waals surface area contributed by atoms with Gasteiger partial charge in [-0.1, -0.05) is 20.3 Å². The van der Waals surface area contributed by atoms with Crippen LogP contribution < -0.4 is 10.1 Å². The third kappa shape index (κ3) is 6.52. The van der Waals surface area contributed by atoms with Gasteiger partial charge in [0.15, 0.2) is 0 Å². The summed E-state index contributed by atoms with van der Waals surface area (Å²) < 4.78 is 24.2. The van der Waals surface area contributed by atoms with Crippen molar-refractivity contribution in [3.05, 3.63) is 0 Å². The molecule has 5 nitrogen and oxygen atoms in total. The van der Waals surface area contributed by atoms with E-state index in [9.17, 15) is 8.42 Å². The minimum Gasteiger partial charge on any atom is -0.315 e. The summed E-state index contributed by atoms with van der Waals surface area (Å²) in [5.74, 6) is 0.211. The minimum atomic E-state index is -3.20. The summed E-state index contributed by atoms with van der Waals surface area (Å²) in [6.07, 6.45) is 4.90. The van der Waals surface area contributed by atoms with Crippen molar-refractivity contribution in [2.75, 3.05) is 12.3 Å². The van der Waals surface area contributed by atoms with E-state index in [4.69, 9.17) is 0 Å². The Morgan fingerprint density at radius 1 is 1.15 bits per heavy atom. The fourth-order valence-electron chi connectivity index (χ4n) is 2.62. The molecular formula is C14H31N3O2S. The Balaban J connectivity index is 2.33. The van der Waals surface area contributed by atoms with Crippen molar-refractivity contribution in [2.45, 2.75) is 77.9 Å². The molecule has 1 heterocycles. The number of sulfonamides is 1. The van der Waals surface area contributed by atoms with Gasteiger partial charge < -0.3 is 5.32 Å². The summed E-state index contributed by atoms with van der Waals surface area (Å²) in [4.78, 5) is 2.78. The van der Waals surface area contributed by atoms with E-state index in [0.717, 1.165) is 25.8 Å². The summed E-state index contributed by atoms with van der Waals surface area (Å²) in [7, 11) is -3.20. The van der Waals surface area contributed by atoms with Gasteiger partial charge in [0.2, 0.25) is 10.0 Å². The Labute approximate surface area is 124 Å². The van der Waals surface area contributed by atoms with Gasteiger partial charge in [-0.05, 0) is 46.1 Å². The van der Waals surface area contributed by atoms with Gasteiger partial charge in [0, 0.05) is 18.1 Å². The van der Waals surface area contributed by atoms with Crippen LogP contribution in [0.5, 0.6) is 0 Å². The number of nitrogens with one attached hydrogen (secondary N) is 2. The summed E-state index contributed by atoms with van der Waals surface area (Å²) in [5.41, 5.74) is 0. The molecule has 0 saturated carbocycles. The number of piperidine rings is 1. The van der Waals surface area contributed by atoms with Gasteiger partial charge in [-0.25, -0.2) is 13.4 Å². The number of hydrogen-bond donors (Lipinski definition) is 2. The number of unbranched alkanes of at least 4 members (excludes halogenated alkanes) is 1. The van der Waals surface area contributed by atoms with Crippen LogP contribution in [-0.4, -0.2) is 43.8 Å². The molecule has 0 bridgehead atoms. The van der Waals surface area contributed by atoms with Crippen LogP contribution in [0.3, 0.4) is 0 Å². The quantitative estimate of drug-likeness (QED) is 0.672. The molecule has 120 valence electrons. The maximum atomic E-state index is 12.1. The van der Waals surface area contributed by atoms with Gasteiger partial charge in [-0.15, -0.1) is 4.83 Å². The lowest BCUT2D eigenvalue weighted by molar-refractivity contribution is 0.0790. The zero-order chi connectivity index (χ0) is 15.2. The molecule has 0 aliphatic carbocycles. The minimum absolute atomic E-state index is 0.211. The van der Waals surface area contributed by atoms with Gasteiger partial charge in [-0.2, -0.15) is 0 Å². The fourth-order valence-corrected chi connectivity index (χ4v) is 3.97. The highest BCUT2D eigenvalue weighted by Crippen LogP contribution is 2.20. The van der Waals surface area contributed by atoms with E-state index in [0.29, 0.717) is 12.5 Å². The van der Waals surface area contributed by atoms with E-state index in [2.05, 4.69) is 37.8 Å². The first-order valence-electron chi connectivity index (χ1n) is 7.83. The molecule has 20 heavy (non-hydrogen) atoms. The highest BCUT2D eigenvalue weighted by molar-refractivity contribution is 7.89. The van der Waals surface area contributed by atoms with Crippen LogP contribution in [0.4, 0.5) is 0 Å². The molecule has 0 aromatic carbocycles. The summed E-state index contributed by atoms with van der Waals surface area (Å²) in [5, 5.41) is 5.22. The van der Waals surface area contributed by atoms with Gasteiger partial charge in [-0.3, -0.25) is 0 Å². The molecule has 0 aromatic rings. The van der Waals surface area contributed by atoms with Crippen molar-refractivity contribution in [1.82, 2.24) is 15.2 Å². The monoisotopic (exact) mass is 305 g/mol. The molecule has 2 unspecified atom stereocenters. The van der Waals surface area contributed by atoms with Crippen LogP contribution >= 0.6 is 0 Å². The maximum Gasteiger partial charge on any atom is 0.224 e. The Morgan fingerprint density at radius 3 is 2.30 bits per heavy atom. The van der Waals surface area contributed by atoms with Crippen LogP contribution in [0.1, 0.15) is 59.8 Å². The molecule has 0 radical (unpaired) electrons. The molecule has 1 saturated heterocycles. The Bertz CT molecular complexity index is 361. The lowest BCUT2D eigenvalue weighted by atomic mass is 10.0. The second-order valence-corrected chi connectivity index (χ2v) is 8.08. The number of hydrazine groups is 1. The average Bonchev–Trinajstić information content (AvgIpc) is 2.33. The van der Waals surface area contributed by atoms with Gasteiger partial charge in [0.1, 0.15) is 0 Å². The molecule has 0 amide bonds. The van der Waals surface area contributed by atoms with Crippen LogP contribution in [-0.2, 0) is 10.0 Å². The fraction of sp³-hybridized carbons (Fsp3) is 1.00. The molecule has 1 rings (SSSR count). The first kappa shape index (κ1) is 17.9. The van der Waals surface area contributed by atoms with E-state index >= 15 is 0 Å². The Kier molecular flexibility index (Phi) is 7.43. The predicted molar refractivity (Wildman–Crippen MR) is 83.9 cm³/mol. The smallest absolute Gasteiger partial charge is 0.224 e. The largest absolute Gasteiger partial charge is 0.315 e. The second-order valence-electron chi connectivity index (χ2n) is 6.26. The SMILES string of the molecule is CC(C)NCCCCS(=O)(=O)NN1C(C)CCCC1C. The standard InChI is InChI=1S/C14H31N3O2S/c1-12(2)15-10-5-6-11-20(18,19)16-17-13(3)8-7-9-14(17)4/h12-16H,5-11H2,1-4H3. The summed E-state index contributed by atoms with van der Waals surface area (Å²) in [6.45, 7) is 9.24. The lowest BCUT2D eigenvalue weighted by Crippen LogP contribution is -2.54. The molecule has 2 atom stereocenters. The number of hydrogen-bond acceptors (Lipinski definition) is 4. The molecule has 0 aromatic heterocycles. The van der Waals surface area contributed by atoms with E-state index in [1.54, 1.807) is 0 Å². The maximum absolute atomic E-state index is 12.1. The first-order valence-corrected chi connectivity index (χ1v) is 9.49. The highest BCUT2D eigenvalue weighted by atomic mass is 32.2. The average molecular weight is 305 g/mol. The summed E-state index contributed by atoms with van der Waals surface area (Å²) >= 11 is 0. The van der Waals surface area contributed by atoms with Crippen LogP contribution in [0.15, 0.2) is 0 Å². The van der Waals surface area contributed by atoms with Crippen molar-refractivity contribution in [3.63, 3.8) is 0 Å². The van der Waals surface area contributed by atoms with E-state index in [1.165, 1.54) is 6.42 Å². The van der Waals surface area contributed by atoms with Gasteiger partial charge in [0.25, 0.3) is 0 Å². The zero-order valence-electron chi connectivity index (χ0n) is 13.4. The van der Waals surface area contributed by atoms with E-state index in [-0.39, 0.29) is 17.8 Å². The van der Waals surface area contributed by atoms with Gasteiger partial charge in [0.05, 0.1) is 5.75 Å². The molecule has 0 spiro atoms.